The van der Waals surface area contributed by atoms with E-state index in [1.54, 1.807) is 55.2 Å². The van der Waals surface area contributed by atoms with Crippen LogP contribution < -0.4 is 20.5 Å². The first-order valence-electron chi connectivity index (χ1n) is 9.44. The molecule has 2 aromatic heterocycles. The second-order valence-corrected chi connectivity index (χ2v) is 7.02. The average molecular weight is 407 g/mol. The van der Waals surface area contributed by atoms with Crippen LogP contribution in [0.4, 0.5) is 5.69 Å². The minimum absolute atomic E-state index is 0.0189. The van der Waals surface area contributed by atoms with Crippen molar-refractivity contribution in [1.29, 1.82) is 0 Å². The fourth-order valence-electron chi connectivity index (χ4n) is 3.27. The van der Waals surface area contributed by atoms with E-state index in [0.717, 1.165) is 0 Å². The van der Waals surface area contributed by atoms with Gasteiger partial charge in [-0.3, -0.25) is 19.0 Å². The molecular formula is C21H21N5O4. The second kappa shape index (κ2) is 7.86. The molecule has 154 valence electrons. The zero-order valence-corrected chi connectivity index (χ0v) is 16.6. The molecule has 9 heteroatoms. The van der Waals surface area contributed by atoms with Gasteiger partial charge in [0.05, 0.1) is 5.69 Å². The molecule has 9 nitrogen and oxygen atoms in total. The van der Waals surface area contributed by atoms with Gasteiger partial charge in [-0.1, -0.05) is 18.2 Å². The number of carbonyl (C=O) groups excluding carboxylic acids is 2. The van der Waals surface area contributed by atoms with Crippen molar-refractivity contribution in [1.82, 2.24) is 19.7 Å². The van der Waals surface area contributed by atoms with E-state index in [1.807, 2.05) is 12.1 Å². The number of hydrogen-bond donors (Lipinski definition) is 1. The van der Waals surface area contributed by atoms with Gasteiger partial charge in [-0.05, 0) is 31.2 Å². The number of pyridine rings is 1. The minimum atomic E-state index is -0.850. The van der Waals surface area contributed by atoms with Crippen LogP contribution in [0.3, 0.4) is 0 Å². The Morgan fingerprint density at radius 3 is 2.77 bits per heavy atom. The Balaban J connectivity index is 1.50. The number of aryl methyl sites for hydroxylation is 1. The van der Waals surface area contributed by atoms with E-state index >= 15 is 0 Å². The molecule has 1 aliphatic heterocycles. The summed E-state index contributed by atoms with van der Waals surface area (Å²) >= 11 is 0. The van der Waals surface area contributed by atoms with Crippen molar-refractivity contribution in [3.05, 3.63) is 76.5 Å². The fourth-order valence-corrected chi connectivity index (χ4v) is 3.27. The van der Waals surface area contributed by atoms with Crippen LogP contribution in [0.25, 0.3) is 0 Å². The molecular weight excluding hydrogens is 386 g/mol. The number of para-hydroxylation sites is 2. The van der Waals surface area contributed by atoms with Crippen molar-refractivity contribution in [2.24, 2.45) is 0 Å². The third kappa shape index (κ3) is 3.69. The number of ether oxygens (including phenoxy) is 1. The number of anilines is 1. The number of nitrogens with zero attached hydrogens (tertiary/aromatic N) is 4. The van der Waals surface area contributed by atoms with Gasteiger partial charge >= 0.3 is 0 Å². The largest absolute Gasteiger partial charge is 0.489 e. The number of nitrogens with one attached hydrogen (secondary N) is 1. The van der Waals surface area contributed by atoms with Crippen LogP contribution >= 0.6 is 0 Å². The molecule has 0 aliphatic carbocycles. The average Bonchev–Trinajstić information content (AvgIpc) is 3.07. The summed E-state index contributed by atoms with van der Waals surface area (Å²) in [6, 6.07) is 12.8. The van der Waals surface area contributed by atoms with Gasteiger partial charge in [0.25, 0.3) is 17.4 Å². The van der Waals surface area contributed by atoms with Crippen LogP contribution in [0.15, 0.2) is 59.5 Å². The van der Waals surface area contributed by atoms with Crippen molar-refractivity contribution >= 4 is 17.5 Å². The number of carbonyl (C=O) groups is 2. The summed E-state index contributed by atoms with van der Waals surface area (Å²) in [5, 5.41) is 7.00. The van der Waals surface area contributed by atoms with E-state index in [0.29, 0.717) is 17.1 Å². The lowest BCUT2D eigenvalue weighted by Crippen LogP contribution is -2.49. The molecule has 0 radical (unpaired) electrons. The first-order valence-corrected chi connectivity index (χ1v) is 9.44. The van der Waals surface area contributed by atoms with Gasteiger partial charge in [0, 0.05) is 25.0 Å². The number of amides is 2. The van der Waals surface area contributed by atoms with Crippen molar-refractivity contribution in [3.8, 4) is 5.75 Å². The van der Waals surface area contributed by atoms with Gasteiger partial charge in [0.1, 0.15) is 25.1 Å². The highest BCUT2D eigenvalue weighted by molar-refractivity contribution is 6.02. The van der Waals surface area contributed by atoms with Crippen LogP contribution in [-0.4, -0.2) is 45.9 Å². The first-order chi connectivity index (χ1) is 14.4. The number of aromatic nitrogens is 3. The zero-order valence-electron chi connectivity index (χ0n) is 16.6. The SMILES string of the molecule is Cc1cc(C(=O)NC2COc3ccccc3N(C)C2=O)nn1Cn1ccccc1=O. The van der Waals surface area contributed by atoms with Gasteiger partial charge < -0.3 is 15.0 Å². The molecule has 0 fully saturated rings. The first kappa shape index (κ1) is 19.4. The number of likely N-dealkylation sites (N-methyl/N-ethyl adjacent to an activating group) is 1. The Kier molecular flexibility index (Phi) is 5.09. The maximum Gasteiger partial charge on any atom is 0.272 e. The maximum absolute atomic E-state index is 12.8. The summed E-state index contributed by atoms with van der Waals surface area (Å²) in [6.07, 6.45) is 1.65. The summed E-state index contributed by atoms with van der Waals surface area (Å²) in [5.41, 5.74) is 1.35. The molecule has 0 spiro atoms. The smallest absolute Gasteiger partial charge is 0.272 e. The molecule has 1 atom stereocenters. The number of rotatable bonds is 4. The minimum Gasteiger partial charge on any atom is -0.489 e. The maximum atomic E-state index is 12.8. The van der Waals surface area contributed by atoms with Crippen LogP contribution in [-0.2, 0) is 11.5 Å². The van der Waals surface area contributed by atoms with Crippen molar-refractivity contribution < 1.29 is 14.3 Å². The highest BCUT2D eigenvalue weighted by Gasteiger charge is 2.31. The summed E-state index contributed by atoms with van der Waals surface area (Å²) < 4.78 is 8.76. The van der Waals surface area contributed by atoms with Crippen molar-refractivity contribution in [2.75, 3.05) is 18.6 Å². The van der Waals surface area contributed by atoms with Crippen LogP contribution in [0.2, 0.25) is 0 Å². The molecule has 0 saturated carbocycles. The van der Waals surface area contributed by atoms with Gasteiger partial charge in [-0.2, -0.15) is 5.10 Å². The molecule has 1 aliphatic rings. The summed E-state index contributed by atoms with van der Waals surface area (Å²) in [7, 11) is 1.64. The second-order valence-electron chi connectivity index (χ2n) is 7.02. The van der Waals surface area contributed by atoms with E-state index < -0.39 is 11.9 Å². The normalized spacial score (nSPS) is 15.9. The monoisotopic (exact) mass is 407 g/mol. The molecule has 0 saturated heterocycles. The molecule has 30 heavy (non-hydrogen) atoms. The fraction of sp³-hybridized carbons (Fsp3) is 0.238. The third-order valence-corrected chi connectivity index (χ3v) is 4.97. The Morgan fingerprint density at radius 1 is 1.20 bits per heavy atom. The van der Waals surface area contributed by atoms with E-state index in [-0.39, 0.29) is 30.4 Å². The van der Waals surface area contributed by atoms with Crippen molar-refractivity contribution in [2.45, 2.75) is 19.6 Å². The van der Waals surface area contributed by atoms with E-state index in [1.165, 1.54) is 15.5 Å². The van der Waals surface area contributed by atoms with Crippen LogP contribution in [0, 0.1) is 6.92 Å². The van der Waals surface area contributed by atoms with Gasteiger partial charge in [-0.15, -0.1) is 0 Å². The van der Waals surface area contributed by atoms with Crippen LogP contribution in [0.5, 0.6) is 5.75 Å². The Labute approximate surface area is 172 Å². The number of benzene rings is 1. The summed E-state index contributed by atoms with van der Waals surface area (Å²) in [6.45, 7) is 2.00. The lowest BCUT2D eigenvalue weighted by Gasteiger charge is -2.20. The van der Waals surface area contributed by atoms with Gasteiger partial charge in [0.15, 0.2) is 5.69 Å². The molecule has 0 bridgehead atoms. The number of hydrogen-bond acceptors (Lipinski definition) is 5. The van der Waals surface area contributed by atoms with E-state index in [4.69, 9.17) is 4.74 Å². The number of fused-ring (bicyclic) bond motifs is 1. The Bertz CT molecular complexity index is 1170. The molecule has 1 aromatic carbocycles. The lowest BCUT2D eigenvalue weighted by atomic mass is 10.2. The quantitative estimate of drug-likeness (QED) is 0.696. The Hall–Kier alpha value is -3.88. The highest BCUT2D eigenvalue weighted by Crippen LogP contribution is 2.29. The standard InChI is InChI=1S/C21H21N5O4/c1-14-11-15(23-26(14)13-25-10-6-5-9-19(25)27)20(28)22-16-12-30-18-8-4-3-7-17(18)24(2)21(16)29/h3-11,16H,12-13H2,1-2H3,(H,22,28). The molecule has 3 aromatic rings. The van der Waals surface area contributed by atoms with Crippen LogP contribution in [0.1, 0.15) is 16.2 Å². The van der Waals surface area contributed by atoms with E-state index in [9.17, 15) is 14.4 Å². The third-order valence-electron chi connectivity index (χ3n) is 4.97. The molecule has 3 heterocycles. The molecule has 1 unspecified atom stereocenters. The Morgan fingerprint density at radius 2 is 1.97 bits per heavy atom. The zero-order chi connectivity index (χ0) is 21.3. The highest BCUT2D eigenvalue weighted by atomic mass is 16.5. The molecule has 4 rings (SSSR count). The molecule has 2 amide bonds. The van der Waals surface area contributed by atoms with Gasteiger partial charge in [0.2, 0.25) is 0 Å². The van der Waals surface area contributed by atoms with Crippen molar-refractivity contribution in [3.63, 3.8) is 0 Å². The van der Waals surface area contributed by atoms with Gasteiger partial charge in [-0.25, -0.2) is 4.68 Å². The predicted molar refractivity (Wildman–Crippen MR) is 110 cm³/mol. The topological polar surface area (TPSA) is 98.5 Å². The summed E-state index contributed by atoms with van der Waals surface area (Å²) in [4.78, 5) is 38.9. The summed E-state index contributed by atoms with van der Waals surface area (Å²) in [5.74, 6) is -0.183. The lowest BCUT2D eigenvalue weighted by molar-refractivity contribution is -0.120. The molecule has 1 N–H and O–H groups in total. The predicted octanol–water partition coefficient (Wildman–Crippen LogP) is 1.01. The van der Waals surface area contributed by atoms with E-state index in [2.05, 4.69) is 10.4 Å².